The first kappa shape index (κ1) is 13.4. The number of likely N-dealkylation sites (tertiary alicyclic amines) is 1. The highest BCUT2D eigenvalue weighted by Gasteiger charge is 2.08. The van der Waals surface area contributed by atoms with Gasteiger partial charge in [-0.05, 0) is 69.4 Å². The van der Waals surface area contributed by atoms with E-state index in [1.165, 1.54) is 63.7 Å². The van der Waals surface area contributed by atoms with Crippen molar-refractivity contribution in [2.45, 2.75) is 38.5 Å². The molecule has 0 bridgehead atoms. The molecule has 0 radical (unpaired) electrons. The Kier molecular flexibility index (Phi) is 5.53. The molecule has 100 valence electrons. The van der Waals surface area contributed by atoms with Gasteiger partial charge < -0.3 is 9.64 Å². The first-order chi connectivity index (χ1) is 8.88. The Hall–Kier alpha value is -1.02. The van der Waals surface area contributed by atoms with Crippen LogP contribution in [0.2, 0.25) is 0 Å². The van der Waals surface area contributed by atoms with Gasteiger partial charge in [0, 0.05) is 0 Å². The molecule has 1 aliphatic heterocycles. The van der Waals surface area contributed by atoms with Gasteiger partial charge in [-0.1, -0.05) is 18.6 Å². The summed E-state index contributed by atoms with van der Waals surface area (Å²) in [7, 11) is 1.72. The minimum Gasteiger partial charge on any atom is -0.497 e. The van der Waals surface area contributed by atoms with Crippen molar-refractivity contribution in [2.24, 2.45) is 0 Å². The van der Waals surface area contributed by atoms with Crippen LogP contribution in [0.15, 0.2) is 24.3 Å². The molecule has 0 spiro atoms. The summed E-state index contributed by atoms with van der Waals surface area (Å²) in [4.78, 5) is 2.62. The Balaban J connectivity index is 1.62. The molecule has 0 unspecified atom stereocenters. The molecule has 1 aromatic rings. The summed E-state index contributed by atoms with van der Waals surface area (Å²) in [5.74, 6) is 0.951. The van der Waals surface area contributed by atoms with Crippen molar-refractivity contribution >= 4 is 0 Å². The van der Waals surface area contributed by atoms with Crippen LogP contribution in [0.1, 0.15) is 37.7 Å². The molecular formula is C16H25NO. The summed E-state index contributed by atoms with van der Waals surface area (Å²) in [5, 5.41) is 0. The molecule has 2 rings (SSSR count). The topological polar surface area (TPSA) is 12.5 Å². The van der Waals surface area contributed by atoms with Gasteiger partial charge in [-0.2, -0.15) is 0 Å². The Morgan fingerprint density at radius 3 is 2.39 bits per heavy atom. The van der Waals surface area contributed by atoms with E-state index in [0.29, 0.717) is 0 Å². The second-order valence-electron chi connectivity index (χ2n) is 5.21. The van der Waals surface area contributed by atoms with Crippen molar-refractivity contribution in [2.75, 3.05) is 26.7 Å². The maximum Gasteiger partial charge on any atom is 0.118 e. The predicted octanol–water partition coefficient (Wildman–Crippen LogP) is 3.50. The van der Waals surface area contributed by atoms with E-state index in [1.807, 2.05) is 0 Å². The van der Waals surface area contributed by atoms with Crippen molar-refractivity contribution in [3.05, 3.63) is 29.8 Å². The molecule has 0 atom stereocenters. The van der Waals surface area contributed by atoms with Crippen LogP contribution < -0.4 is 4.74 Å². The smallest absolute Gasteiger partial charge is 0.118 e. The number of ether oxygens (including phenoxy) is 1. The lowest BCUT2D eigenvalue weighted by Crippen LogP contribution is -2.30. The van der Waals surface area contributed by atoms with Crippen LogP contribution in [0.4, 0.5) is 0 Å². The number of methoxy groups -OCH3 is 1. The fraction of sp³-hybridized carbons (Fsp3) is 0.625. The molecule has 2 heteroatoms. The quantitative estimate of drug-likeness (QED) is 0.713. The highest BCUT2D eigenvalue weighted by Crippen LogP contribution is 2.14. The maximum absolute atomic E-state index is 5.17. The molecule has 0 saturated carbocycles. The third-order valence-electron chi connectivity index (χ3n) is 3.80. The number of aryl methyl sites for hydroxylation is 1. The van der Waals surface area contributed by atoms with E-state index < -0.39 is 0 Å². The zero-order valence-electron chi connectivity index (χ0n) is 11.5. The number of hydrogen-bond donors (Lipinski definition) is 0. The molecule has 2 nitrogen and oxygen atoms in total. The van der Waals surface area contributed by atoms with Gasteiger partial charge in [-0.15, -0.1) is 0 Å². The van der Waals surface area contributed by atoms with Crippen molar-refractivity contribution < 1.29 is 4.74 Å². The van der Waals surface area contributed by atoms with E-state index in [4.69, 9.17) is 4.74 Å². The third kappa shape index (κ3) is 4.34. The summed E-state index contributed by atoms with van der Waals surface area (Å²) < 4.78 is 5.17. The van der Waals surface area contributed by atoms with Gasteiger partial charge in [-0.25, -0.2) is 0 Å². The summed E-state index contributed by atoms with van der Waals surface area (Å²) in [6.07, 6.45) is 8.05. The lowest BCUT2D eigenvalue weighted by atomic mass is 10.1. The standard InChI is InChI=1S/C16H25NO/c1-18-16-10-8-15(9-11-16)7-3-6-14-17-12-4-2-5-13-17/h8-11H,2-7,12-14H2,1H3. The fourth-order valence-corrected chi connectivity index (χ4v) is 2.64. The number of hydrogen-bond acceptors (Lipinski definition) is 2. The Morgan fingerprint density at radius 2 is 1.72 bits per heavy atom. The second-order valence-corrected chi connectivity index (χ2v) is 5.21. The van der Waals surface area contributed by atoms with E-state index >= 15 is 0 Å². The van der Waals surface area contributed by atoms with Crippen LogP contribution in [0.25, 0.3) is 0 Å². The lowest BCUT2D eigenvalue weighted by molar-refractivity contribution is 0.225. The van der Waals surface area contributed by atoms with Crippen LogP contribution in [0.3, 0.4) is 0 Å². The highest BCUT2D eigenvalue weighted by molar-refractivity contribution is 5.27. The number of rotatable bonds is 6. The average molecular weight is 247 g/mol. The van der Waals surface area contributed by atoms with Crippen LogP contribution >= 0.6 is 0 Å². The molecule has 1 heterocycles. The second kappa shape index (κ2) is 7.42. The number of nitrogens with zero attached hydrogens (tertiary/aromatic N) is 1. The minimum atomic E-state index is 0.951. The van der Waals surface area contributed by atoms with Crippen LogP contribution in [0.5, 0.6) is 5.75 Å². The molecule has 1 saturated heterocycles. The third-order valence-corrected chi connectivity index (χ3v) is 3.80. The summed E-state index contributed by atoms with van der Waals surface area (Å²) >= 11 is 0. The fourth-order valence-electron chi connectivity index (χ4n) is 2.64. The molecule has 0 N–H and O–H groups in total. The van der Waals surface area contributed by atoms with Crippen LogP contribution in [-0.2, 0) is 6.42 Å². The highest BCUT2D eigenvalue weighted by atomic mass is 16.5. The van der Waals surface area contributed by atoms with E-state index in [-0.39, 0.29) is 0 Å². The van der Waals surface area contributed by atoms with Gasteiger partial charge in [0.1, 0.15) is 5.75 Å². The van der Waals surface area contributed by atoms with Gasteiger partial charge >= 0.3 is 0 Å². The first-order valence-electron chi connectivity index (χ1n) is 7.24. The van der Waals surface area contributed by atoms with E-state index in [9.17, 15) is 0 Å². The Labute approximate surface area is 111 Å². The van der Waals surface area contributed by atoms with Crippen molar-refractivity contribution in [3.63, 3.8) is 0 Å². The van der Waals surface area contributed by atoms with Crippen molar-refractivity contribution in [1.82, 2.24) is 4.90 Å². The zero-order valence-corrected chi connectivity index (χ0v) is 11.5. The van der Waals surface area contributed by atoms with Gasteiger partial charge in [0.25, 0.3) is 0 Å². The monoisotopic (exact) mass is 247 g/mol. The van der Waals surface area contributed by atoms with Gasteiger partial charge in [0.15, 0.2) is 0 Å². The zero-order chi connectivity index (χ0) is 12.6. The predicted molar refractivity (Wildman–Crippen MR) is 76.2 cm³/mol. The molecule has 0 amide bonds. The maximum atomic E-state index is 5.17. The van der Waals surface area contributed by atoms with E-state index in [1.54, 1.807) is 7.11 Å². The minimum absolute atomic E-state index is 0.951. The van der Waals surface area contributed by atoms with Crippen LogP contribution in [-0.4, -0.2) is 31.6 Å². The molecule has 1 aromatic carbocycles. The largest absolute Gasteiger partial charge is 0.497 e. The molecule has 18 heavy (non-hydrogen) atoms. The molecule has 0 aliphatic carbocycles. The number of piperidine rings is 1. The van der Waals surface area contributed by atoms with Gasteiger partial charge in [0.2, 0.25) is 0 Å². The van der Waals surface area contributed by atoms with E-state index in [2.05, 4.69) is 29.2 Å². The van der Waals surface area contributed by atoms with Gasteiger partial charge in [0.05, 0.1) is 7.11 Å². The summed E-state index contributed by atoms with van der Waals surface area (Å²) in [6, 6.07) is 8.47. The normalized spacial score (nSPS) is 16.7. The SMILES string of the molecule is COc1ccc(CCCCN2CCCCC2)cc1. The van der Waals surface area contributed by atoms with Crippen molar-refractivity contribution in [1.29, 1.82) is 0 Å². The van der Waals surface area contributed by atoms with Gasteiger partial charge in [-0.3, -0.25) is 0 Å². The van der Waals surface area contributed by atoms with Crippen LogP contribution in [0, 0.1) is 0 Å². The summed E-state index contributed by atoms with van der Waals surface area (Å²) in [6.45, 7) is 3.93. The molecule has 1 fully saturated rings. The number of unbranched alkanes of at least 4 members (excludes halogenated alkanes) is 1. The molecular weight excluding hydrogens is 222 g/mol. The van der Waals surface area contributed by atoms with Crippen molar-refractivity contribution in [3.8, 4) is 5.75 Å². The average Bonchev–Trinajstić information content (AvgIpc) is 2.45. The molecule has 1 aliphatic rings. The molecule has 0 aromatic heterocycles. The first-order valence-corrected chi connectivity index (χ1v) is 7.24. The summed E-state index contributed by atoms with van der Waals surface area (Å²) in [5.41, 5.74) is 1.43. The van der Waals surface area contributed by atoms with E-state index in [0.717, 1.165) is 5.75 Å². The number of benzene rings is 1. The Morgan fingerprint density at radius 1 is 1.00 bits per heavy atom. The Bertz CT molecular complexity index is 327. The lowest BCUT2D eigenvalue weighted by Gasteiger charge is -2.26.